The molecule has 6 aliphatic rings. The summed E-state index contributed by atoms with van der Waals surface area (Å²) in [5.74, 6) is -1.76. The molecular weight excluding hydrogens is 1010 g/mol. The van der Waals surface area contributed by atoms with Crippen LogP contribution in [-0.4, -0.2) is 149 Å². The van der Waals surface area contributed by atoms with E-state index in [0.717, 1.165) is 61.6 Å². The number of amides is 5. The molecule has 0 spiro atoms. The third-order valence-corrected chi connectivity index (χ3v) is 16.6. The van der Waals surface area contributed by atoms with E-state index in [0.29, 0.717) is 76.2 Å². The van der Waals surface area contributed by atoms with Gasteiger partial charge >= 0.3 is 7.82 Å². The van der Waals surface area contributed by atoms with Gasteiger partial charge < -0.3 is 39.3 Å². The molecule has 4 atom stereocenters. The molecule has 22 nitrogen and oxygen atoms in total. The van der Waals surface area contributed by atoms with Crippen molar-refractivity contribution in [3.63, 3.8) is 0 Å². The summed E-state index contributed by atoms with van der Waals surface area (Å²) in [5.41, 5.74) is 7.87. The maximum absolute atomic E-state index is 14.0. The van der Waals surface area contributed by atoms with E-state index in [-0.39, 0.29) is 54.0 Å². The first-order valence-corrected chi connectivity index (χ1v) is 27.6. The molecule has 9 heterocycles. The van der Waals surface area contributed by atoms with E-state index in [4.69, 9.17) is 19.5 Å². The molecule has 0 saturated carbocycles. The van der Waals surface area contributed by atoms with Gasteiger partial charge in [-0.3, -0.25) is 48.1 Å². The zero-order chi connectivity index (χ0) is 54.2. The van der Waals surface area contributed by atoms with Gasteiger partial charge in [-0.25, -0.2) is 19.5 Å². The lowest BCUT2D eigenvalue weighted by atomic mass is 9.90. The number of methoxy groups -OCH3 is 1. The van der Waals surface area contributed by atoms with Crippen LogP contribution in [0.15, 0.2) is 67.1 Å². The Morgan fingerprint density at radius 2 is 1.58 bits per heavy atom. The van der Waals surface area contributed by atoms with Gasteiger partial charge in [0, 0.05) is 98.7 Å². The zero-order valence-corrected chi connectivity index (χ0v) is 44.5. The SMILES string of the molecule is COc1ncc(-c2ccnc(N3CCn4c(cc5c4CC(C)(C)C5)C3=O)c2CO)cc1Nc1ccc(N2CCN(C3CCN(c4ccc5c(c4)C(=O)N([C@H]4CCC(=O)N(COP(=O)(O)O)C4=O)C5=O)[C@@H](C)C3)C[C@@H]2C)cn1. The Bertz CT molecular complexity index is 3270. The number of phosphoric acid groups is 1. The Hall–Kier alpha value is -7.07. The first kappa shape index (κ1) is 52.0. The molecule has 1 unspecified atom stereocenters. The summed E-state index contributed by atoms with van der Waals surface area (Å²) in [7, 11) is -3.46. The fourth-order valence-corrected chi connectivity index (χ4v) is 12.7. The molecule has 5 aliphatic heterocycles. The predicted octanol–water partition coefficient (Wildman–Crippen LogP) is 5.12. The molecule has 1 aliphatic carbocycles. The number of phosphoric ester groups is 1. The Balaban J connectivity index is 0.710. The number of nitrogens with zero attached hydrogens (tertiary/aromatic N) is 10. The third kappa shape index (κ3) is 9.64. The first-order chi connectivity index (χ1) is 36.8. The number of carbonyl (C=O) groups is 5. The fourth-order valence-electron chi connectivity index (χ4n) is 12.5. The number of aliphatic hydroxyl groups is 1. The van der Waals surface area contributed by atoms with Crippen LogP contribution >= 0.6 is 7.82 Å². The number of piperazine rings is 1. The van der Waals surface area contributed by atoms with Crippen molar-refractivity contribution >= 4 is 66.1 Å². The maximum atomic E-state index is 14.0. The number of ether oxygens (including phenoxy) is 1. The Kier molecular flexibility index (Phi) is 13.5. The highest BCUT2D eigenvalue weighted by Gasteiger charge is 2.48. The van der Waals surface area contributed by atoms with Gasteiger partial charge in [0.15, 0.2) is 0 Å². The number of pyridine rings is 3. The summed E-state index contributed by atoms with van der Waals surface area (Å²) >= 11 is 0. The molecule has 77 heavy (non-hydrogen) atoms. The van der Waals surface area contributed by atoms with Gasteiger partial charge in [0.05, 0.1) is 36.7 Å². The van der Waals surface area contributed by atoms with Crippen molar-refractivity contribution < 1.29 is 52.7 Å². The van der Waals surface area contributed by atoms with Crippen LogP contribution < -0.4 is 24.8 Å². The predicted molar refractivity (Wildman–Crippen MR) is 283 cm³/mol. The van der Waals surface area contributed by atoms with E-state index in [1.807, 2.05) is 42.6 Å². The molecule has 404 valence electrons. The van der Waals surface area contributed by atoms with E-state index in [1.165, 1.54) is 11.3 Å². The second kappa shape index (κ2) is 20.1. The van der Waals surface area contributed by atoms with Crippen LogP contribution in [0, 0.1) is 5.41 Å². The summed E-state index contributed by atoms with van der Waals surface area (Å²) in [5, 5.41) is 14.2. The normalized spacial score (nSPS) is 22.7. The van der Waals surface area contributed by atoms with Crippen molar-refractivity contribution in [1.82, 2.24) is 34.2 Å². The van der Waals surface area contributed by atoms with E-state index in [9.17, 15) is 33.6 Å². The second-order valence-corrected chi connectivity index (χ2v) is 22.9. The van der Waals surface area contributed by atoms with Crippen LogP contribution in [-0.2, 0) is 44.7 Å². The van der Waals surface area contributed by atoms with Crippen molar-refractivity contribution in [1.29, 1.82) is 0 Å². The highest BCUT2D eigenvalue weighted by molar-refractivity contribution is 7.46. The lowest BCUT2D eigenvalue weighted by Gasteiger charge is -2.48. The largest absolute Gasteiger partial charge is 0.480 e. The molecule has 1 aromatic carbocycles. The number of hydrogen-bond acceptors (Lipinski definition) is 16. The number of piperidine rings is 2. The number of aromatic nitrogens is 4. The quantitative estimate of drug-likeness (QED) is 0.0882. The standard InChI is InChI=1S/C54H62N11O11P/c1-31-20-35(13-15-60(31)36-6-8-39-40(23-36)51(69)65(50(39)68)43-9-11-47(67)64(52(43)70)30-76-77(72,73)74)59-16-17-61(32(2)28-59)37-7-10-46(56-27-37)58-42-21-34(26-57-49(42)75-5)38-12-14-55-48(41(38)29-66)63-19-18-62-44(53(63)71)22-33-24-54(3,4)25-45(33)62/h6-8,10,12,14,21-23,26-27,31-32,35,43,66H,9,11,13,15-20,24-25,28-30H2,1-5H3,(H,56,58)(H2,72,73,74)/t31-,32-,35?,43-/m0/s1. The van der Waals surface area contributed by atoms with E-state index in [2.05, 4.69) is 66.8 Å². The fraction of sp³-hybridized carbons (Fsp3) is 0.444. The van der Waals surface area contributed by atoms with Crippen molar-refractivity contribution in [2.75, 3.05) is 66.6 Å². The topological polar surface area (TPSA) is 257 Å². The summed E-state index contributed by atoms with van der Waals surface area (Å²) in [4.78, 5) is 110. The van der Waals surface area contributed by atoms with Crippen molar-refractivity contribution in [3.8, 4) is 17.0 Å². The van der Waals surface area contributed by atoms with Crippen molar-refractivity contribution in [2.24, 2.45) is 5.41 Å². The van der Waals surface area contributed by atoms with Gasteiger partial charge in [0.25, 0.3) is 23.6 Å². The van der Waals surface area contributed by atoms with Crippen molar-refractivity contribution in [2.45, 2.75) is 104 Å². The Labute approximate surface area is 444 Å². The highest BCUT2D eigenvalue weighted by Crippen LogP contribution is 2.42. The van der Waals surface area contributed by atoms with Crippen LogP contribution in [0.5, 0.6) is 5.88 Å². The van der Waals surface area contributed by atoms with Gasteiger partial charge in [-0.1, -0.05) is 13.8 Å². The van der Waals surface area contributed by atoms with Crippen molar-refractivity contribution in [3.05, 3.63) is 101 Å². The summed E-state index contributed by atoms with van der Waals surface area (Å²) in [6, 6.07) is 14.1. The number of carbonyl (C=O) groups excluding carboxylic acids is 5. The summed E-state index contributed by atoms with van der Waals surface area (Å²) in [6.07, 6.45) is 8.49. The third-order valence-electron chi connectivity index (χ3n) is 16.2. The van der Waals surface area contributed by atoms with Crippen LogP contribution in [0.1, 0.15) is 101 Å². The number of nitrogens with one attached hydrogen (secondary N) is 1. The molecule has 3 saturated heterocycles. The maximum Gasteiger partial charge on any atom is 0.471 e. The molecule has 5 aromatic rings. The molecule has 0 radical (unpaired) electrons. The van der Waals surface area contributed by atoms with Crippen LogP contribution in [0.2, 0.25) is 0 Å². The molecule has 4 aromatic heterocycles. The number of aliphatic hydroxyl groups excluding tert-OH is 1. The lowest BCUT2D eigenvalue weighted by Crippen LogP contribution is -2.58. The number of anilines is 5. The average molecular weight is 1070 g/mol. The van der Waals surface area contributed by atoms with Gasteiger partial charge in [0.1, 0.15) is 35.8 Å². The minimum absolute atomic E-state index is 0.0999. The van der Waals surface area contributed by atoms with Crippen LogP contribution in [0.25, 0.3) is 11.1 Å². The molecule has 5 amide bonds. The molecule has 3 fully saturated rings. The zero-order valence-electron chi connectivity index (χ0n) is 43.6. The number of likely N-dealkylation sites (tertiary alicyclic amines) is 1. The smallest absolute Gasteiger partial charge is 0.471 e. The monoisotopic (exact) mass is 1070 g/mol. The second-order valence-electron chi connectivity index (χ2n) is 21.7. The lowest BCUT2D eigenvalue weighted by molar-refractivity contribution is -0.155. The molecule has 0 bridgehead atoms. The summed E-state index contributed by atoms with van der Waals surface area (Å²) < 4.78 is 23.5. The number of rotatable bonds is 13. The van der Waals surface area contributed by atoms with Gasteiger partial charge in [-0.05, 0) is 111 Å². The Morgan fingerprint density at radius 3 is 2.31 bits per heavy atom. The van der Waals surface area contributed by atoms with Gasteiger partial charge in [-0.2, -0.15) is 0 Å². The Morgan fingerprint density at radius 1 is 0.805 bits per heavy atom. The first-order valence-electron chi connectivity index (χ1n) is 26.0. The number of fused-ring (bicyclic) bond motifs is 4. The minimum Gasteiger partial charge on any atom is -0.480 e. The van der Waals surface area contributed by atoms with Crippen LogP contribution in [0.3, 0.4) is 0 Å². The molecule has 4 N–H and O–H groups in total. The average Bonchev–Trinajstić information content (AvgIpc) is 4.01. The van der Waals surface area contributed by atoms with E-state index < -0.39 is 44.2 Å². The van der Waals surface area contributed by atoms with E-state index in [1.54, 1.807) is 36.5 Å². The molecular formula is C54H62N11O11P. The number of benzene rings is 1. The highest BCUT2D eigenvalue weighted by atomic mass is 31.2. The van der Waals surface area contributed by atoms with Gasteiger partial charge in [0.2, 0.25) is 11.8 Å². The van der Waals surface area contributed by atoms with Crippen LogP contribution in [0.4, 0.5) is 28.7 Å². The number of hydrogen-bond donors (Lipinski definition) is 4. The molecule has 11 rings (SSSR count). The summed E-state index contributed by atoms with van der Waals surface area (Å²) in [6.45, 7) is 11.8. The number of imide groups is 2. The minimum atomic E-state index is -5.01. The molecule has 23 heteroatoms. The van der Waals surface area contributed by atoms with E-state index >= 15 is 0 Å². The van der Waals surface area contributed by atoms with Gasteiger partial charge in [-0.15, -0.1) is 0 Å².